The van der Waals surface area contributed by atoms with Crippen LogP contribution < -0.4 is 5.32 Å². The smallest absolute Gasteiger partial charge is 0.147 e. The van der Waals surface area contributed by atoms with Gasteiger partial charge in [0.15, 0.2) is 0 Å². The highest BCUT2D eigenvalue weighted by Gasteiger charge is 2.09. The van der Waals surface area contributed by atoms with Crippen molar-refractivity contribution in [2.24, 2.45) is 0 Å². The fourth-order valence-electron chi connectivity index (χ4n) is 1.53. The first kappa shape index (κ1) is 14.6. The van der Waals surface area contributed by atoms with Gasteiger partial charge in [0.25, 0.3) is 0 Å². The highest BCUT2D eigenvalue weighted by Crippen LogP contribution is 2.25. The van der Waals surface area contributed by atoms with Crippen LogP contribution in [0.3, 0.4) is 0 Å². The maximum Gasteiger partial charge on any atom is 0.147 e. The molecule has 1 nitrogen and oxygen atoms in total. The van der Waals surface area contributed by atoms with Gasteiger partial charge in [-0.3, -0.25) is 0 Å². The van der Waals surface area contributed by atoms with Crippen molar-refractivity contribution in [2.75, 3.05) is 5.32 Å². The molecule has 6 heteroatoms. The monoisotopic (exact) mass is 365 g/mol. The fraction of sp³-hybridized carbons (Fsp3) is 0.0769. The molecule has 0 aliphatic rings. The summed E-state index contributed by atoms with van der Waals surface area (Å²) in [6, 6.07) is 7.13. The molecule has 100 valence electrons. The molecule has 0 aliphatic heterocycles. The number of hydrogen-bond donors (Lipinski definition) is 1. The van der Waals surface area contributed by atoms with E-state index in [0.717, 1.165) is 12.1 Å². The lowest BCUT2D eigenvalue weighted by Crippen LogP contribution is -2.03. The maximum absolute atomic E-state index is 13.6. The van der Waals surface area contributed by atoms with E-state index in [9.17, 15) is 8.78 Å². The van der Waals surface area contributed by atoms with Gasteiger partial charge in [-0.1, -0.05) is 23.2 Å². The van der Waals surface area contributed by atoms with Crippen molar-refractivity contribution in [3.63, 3.8) is 0 Å². The van der Waals surface area contributed by atoms with Crippen LogP contribution in [0.4, 0.5) is 14.5 Å². The van der Waals surface area contributed by atoms with Crippen LogP contribution in [-0.4, -0.2) is 0 Å². The van der Waals surface area contributed by atoms with Gasteiger partial charge in [-0.15, -0.1) is 0 Å². The highest BCUT2D eigenvalue weighted by molar-refractivity contribution is 9.10. The van der Waals surface area contributed by atoms with Crippen LogP contribution in [0.2, 0.25) is 10.0 Å². The minimum atomic E-state index is -0.550. The number of nitrogens with one attached hydrogen (secondary N) is 1. The zero-order valence-electron chi connectivity index (χ0n) is 9.48. The summed E-state index contributed by atoms with van der Waals surface area (Å²) in [7, 11) is 0. The van der Waals surface area contributed by atoms with Crippen molar-refractivity contribution in [1.29, 1.82) is 0 Å². The largest absolute Gasteiger partial charge is 0.378 e. The Labute approximate surface area is 127 Å². The number of benzene rings is 2. The first-order valence-electron chi connectivity index (χ1n) is 5.29. The zero-order chi connectivity index (χ0) is 14.0. The summed E-state index contributed by atoms with van der Waals surface area (Å²) in [4.78, 5) is 0. The summed E-state index contributed by atoms with van der Waals surface area (Å²) in [6.45, 7) is 0.247. The Morgan fingerprint density at radius 2 is 1.79 bits per heavy atom. The van der Waals surface area contributed by atoms with E-state index in [1.54, 1.807) is 18.2 Å². The average molecular weight is 367 g/mol. The predicted octanol–water partition coefficient (Wildman–Crippen LogP) is 5.65. The average Bonchev–Trinajstić information content (AvgIpc) is 2.36. The summed E-state index contributed by atoms with van der Waals surface area (Å²) in [6.07, 6.45) is 0. The van der Waals surface area contributed by atoms with E-state index < -0.39 is 11.6 Å². The highest BCUT2D eigenvalue weighted by atomic mass is 79.9. The molecule has 0 fully saturated rings. The molecule has 0 aliphatic carbocycles. The summed E-state index contributed by atoms with van der Waals surface area (Å²) in [5.41, 5.74) is 0.772. The Morgan fingerprint density at radius 3 is 2.53 bits per heavy atom. The third-order valence-corrected chi connectivity index (χ3v) is 3.70. The molecule has 0 amide bonds. The molecule has 1 N–H and O–H groups in total. The van der Waals surface area contributed by atoms with Crippen LogP contribution in [0.15, 0.2) is 34.8 Å². The summed E-state index contributed by atoms with van der Waals surface area (Å²) < 4.78 is 27.0. The zero-order valence-corrected chi connectivity index (χ0v) is 12.6. The molecule has 2 aromatic carbocycles. The van der Waals surface area contributed by atoms with E-state index >= 15 is 0 Å². The van der Waals surface area contributed by atoms with Crippen LogP contribution in [0.5, 0.6) is 0 Å². The summed E-state index contributed by atoms with van der Waals surface area (Å²) >= 11 is 14.7. The normalized spacial score (nSPS) is 10.6. The van der Waals surface area contributed by atoms with Gasteiger partial charge in [0, 0.05) is 22.7 Å². The van der Waals surface area contributed by atoms with E-state index in [1.807, 2.05) is 0 Å². The third kappa shape index (κ3) is 3.59. The van der Waals surface area contributed by atoms with E-state index in [0.29, 0.717) is 15.6 Å². The first-order valence-corrected chi connectivity index (χ1v) is 6.84. The Bertz CT molecular complexity index is 620. The lowest BCUT2D eigenvalue weighted by Gasteiger charge is -2.10. The van der Waals surface area contributed by atoms with Crippen LogP contribution in [0, 0.1) is 11.6 Å². The molecule has 0 heterocycles. The molecule has 0 atom stereocenters. The topological polar surface area (TPSA) is 12.0 Å². The molecule has 0 saturated heterocycles. The van der Waals surface area contributed by atoms with Gasteiger partial charge in [0.2, 0.25) is 0 Å². The number of rotatable bonds is 3. The molecule has 0 aromatic heterocycles. The van der Waals surface area contributed by atoms with Crippen molar-refractivity contribution in [2.45, 2.75) is 6.54 Å². The second kappa shape index (κ2) is 6.07. The van der Waals surface area contributed by atoms with Crippen LogP contribution in [0.1, 0.15) is 5.56 Å². The molecule has 0 radical (unpaired) electrons. The lowest BCUT2D eigenvalue weighted by molar-refractivity contribution is 0.596. The Balaban J connectivity index is 2.19. The number of anilines is 1. The van der Waals surface area contributed by atoms with Gasteiger partial charge in [-0.05, 0) is 45.8 Å². The predicted molar refractivity (Wildman–Crippen MR) is 77.8 cm³/mol. The number of hydrogen-bond acceptors (Lipinski definition) is 1. The van der Waals surface area contributed by atoms with Crippen molar-refractivity contribution >= 4 is 44.8 Å². The van der Waals surface area contributed by atoms with Gasteiger partial charge in [-0.2, -0.15) is 0 Å². The van der Waals surface area contributed by atoms with Gasteiger partial charge in [0.05, 0.1) is 10.2 Å². The van der Waals surface area contributed by atoms with Crippen LogP contribution >= 0.6 is 39.1 Å². The first-order chi connectivity index (χ1) is 8.97. The third-order valence-electron chi connectivity index (χ3n) is 2.49. The summed E-state index contributed by atoms with van der Waals surface area (Å²) in [5.74, 6) is -1.09. The molecule has 0 spiro atoms. The Morgan fingerprint density at radius 1 is 1.05 bits per heavy atom. The minimum Gasteiger partial charge on any atom is -0.378 e. The van der Waals surface area contributed by atoms with Gasteiger partial charge in [0.1, 0.15) is 11.6 Å². The molecule has 19 heavy (non-hydrogen) atoms. The van der Waals surface area contributed by atoms with E-state index in [2.05, 4.69) is 21.2 Å². The second-order valence-electron chi connectivity index (χ2n) is 3.84. The van der Waals surface area contributed by atoms with Crippen LogP contribution in [0.25, 0.3) is 0 Å². The fourth-order valence-corrected chi connectivity index (χ4v) is 2.22. The van der Waals surface area contributed by atoms with Gasteiger partial charge < -0.3 is 5.32 Å². The summed E-state index contributed by atoms with van der Waals surface area (Å²) in [5, 5.41) is 3.83. The quantitative estimate of drug-likeness (QED) is 0.692. The Kier molecular flexibility index (Phi) is 4.66. The second-order valence-corrected chi connectivity index (χ2v) is 5.53. The van der Waals surface area contributed by atoms with Gasteiger partial charge >= 0.3 is 0 Å². The van der Waals surface area contributed by atoms with Crippen molar-refractivity contribution in [3.05, 3.63) is 62.0 Å². The molecule has 0 saturated carbocycles. The van der Waals surface area contributed by atoms with E-state index in [1.165, 1.54) is 0 Å². The maximum atomic E-state index is 13.6. The van der Waals surface area contributed by atoms with E-state index in [4.69, 9.17) is 23.2 Å². The molecular weight excluding hydrogens is 359 g/mol. The molecule has 0 unspecified atom stereocenters. The molecule has 2 rings (SSSR count). The minimum absolute atomic E-state index is 0.0664. The standard InChI is InChI=1S/C13H8BrCl2F2N/c14-9-4-12(18)13(5-11(9)17)19-6-7-3-8(15)1-2-10(7)16/h1-5,19H,6H2. The lowest BCUT2D eigenvalue weighted by atomic mass is 10.2. The van der Waals surface area contributed by atoms with Crippen molar-refractivity contribution in [1.82, 2.24) is 0 Å². The molecule has 0 bridgehead atoms. The van der Waals surface area contributed by atoms with Crippen molar-refractivity contribution in [3.8, 4) is 0 Å². The molecule has 2 aromatic rings. The van der Waals surface area contributed by atoms with Crippen molar-refractivity contribution < 1.29 is 8.78 Å². The molecular formula is C13H8BrCl2F2N. The van der Waals surface area contributed by atoms with E-state index in [-0.39, 0.29) is 16.7 Å². The SMILES string of the molecule is Fc1cc(NCc2cc(Cl)ccc2Cl)c(F)cc1Br. The van der Waals surface area contributed by atoms with Crippen LogP contribution in [-0.2, 0) is 6.54 Å². The Hall–Kier alpha value is -0.840. The number of halogens is 5. The van der Waals surface area contributed by atoms with Gasteiger partial charge in [-0.25, -0.2) is 8.78 Å².